The fourth-order valence-corrected chi connectivity index (χ4v) is 1.76. The quantitative estimate of drug-likeness (QED) is 0.818. The molecule has 0 atom stereocenters. The average Bonchev–Trinajstić information content (AvgIpc) is 2.19. The Kier molecular flexibility index (Phi) is 2.78. The minimum absolute atomic E-state index is 0.143. The van der Waals surface area contributed by atoms with Crippen molar-refractivity contribution in [3.05, 3.63) is 29.0 Å². The Hall–Kier alpha value is -1.62. The van der Waals surface area contributed by atoms with Crippen LogP contribution < -0.4 is 10.2 Å². The van der Waals surface area contributed by atoms with E-state index in [0.29, 0.717) is 5.69 Å². The van der Waals surface area contributed by atoms with E-state index in [1.165, 1.54) is 17.0 Å². The van der Waals surface area contributed by atoms with Crippen LogP contribution in [-0.4, -0.2) is 18.5 Å². The molecule has 0 aromatic heterocycles. The Balaban J connectivity index is 2.30. The van der Waals surface area contributed by atoms with E-state index in [4.69, 9.17) is 11.6 Å². The van der Waals surface area contributed by atoms with Crippen LogP contribution in [0.5, 0.6) is 0 Å². The zero-order valence-corrected chi connectivity index (χ0v) is 8.92. The molecular formula is C10H8ClFN2O2. The summed E-state index contributed by atoms with van der Waals surface area (Å²) in [5, 5.41) is 2.31. The van der Waals surface area contributed by atoms with Crippen LogP contribution >= 0.6 is 11.6 Å². The van der Waals surface area contributed by atoms with E-state index in [-0.39, 0.29) is 23.9 Å². The van der Waals surface area contributed by atoms with Gasteiger partial charge in [0, 0.05) is 13.0 Å². The van der Waals surface area contributed by atoms with Gasteiger partial charge in [-0.25, -0.2) is 9.18 Å². The van der Waals surface area contributed by atoms with Crippen LogP contribution in [0.25, 0.3) is 0 Å². The van der Waals surface area contributed by atoms with Gasteiger partial charge in [-0.05, 0) is 18.2 Å². The first-order valence-corrected chi connectivity index (χ1v) is 5.02. The van der Waals surface area contributed by atoms with Crippen LogP contribution in [0.4, 0.5) is 14.9 Å². The zero-order valence-electron chi connectivity index (χ0n) is 8.17. The van der Waals surface area contributed by atoms with Crippen molar-refractivity contribution in [3.63, 3.8) is 0 Å². The van der Waals surface area contributed by atoms with E-state index in [1.54, 1.807) is 0 Å². The van der Waals surface area contributed by atoms with Gasteiger partial charge in [-0.15, -0.1) is 0 Å². The van der Waals surface area contributed by atoms with Crippen LogP contribution in [-0.2, 0) is 4.79 Å². The molecule has 0 bridgehead atoms. The van der Waals surface area contributed by atoms with Gasteiger partial charge in [0.25, 0.3) is 0 Å². The van der Waals surface area contributed by atoms with Crippen molar-refractivity contribution in [3.8, 4) is 0 Å². The van der Waals surface area contributed by atoms with Crippen LogP contribution in [0.3, 0.4) is 0 Å². The number of anilines is 1. The third kappa shape index (κ3) is 1.99. The van der Waals surface area contributed by atoms with Gasteiger partial charge in [-0.3, -0.25) is 15.0 Å². The van der Waals surface area contributed by atoms with Gasteiger partial charge in [-0.2, -0.15) is 0 Å². The maximum atomic E-state index is 12.8. The molecule has 0 spiro atoms. The number of benzene rings is 1. The number of rotatable bonds is 1. The van der Waals surface area contributed by atoms with Crippen molar-refractivity contribution in [2.24, 2.45) is 0 Å². The molecule has 1 heterocycles. The number of nitrogens with zero attached hydrogens (tertiary/aromatic N) is 1. The average molecular weight is 243 g/mol. The van der Waals surface area contributed by atoms with Crippen molar-refractivity contribution in [2.45, 2.75) is 6.42 Å². The lowest BCUT2D eigenvalue weighted by atomic mass is 10.2. The summed E-state index contributed by atoms with van der Waals surface area (Å²) < 4.78 is 12.8. The summed E-state index contributed by atoms with van der Waals surface area (Å²) in [5.41, 5.74) is 0.396. The topological polar surface area (TPSA) is 49.4 Å². The molecule has 4 nitrogen and oxygen atoms in total. The highest BCUT2D eigenvalue weighted by Gasteiger charge is 2.25. The number of nitrogens with one attached hydrogen (secondary N) is 1. The fraction of sp³-hybridized carbons (Fsp3) is 0.200. The molecule has 1 fully saturated rings. The van der Waals surface area contributed by atoms with E-state index >= 15 is 0 Å². The minimum atomic E-state index is -0.537. The van der Waals surface area contributed by atoms with Gasteiger partial charge in [0.2, 0.25) is 5.91 Å². The summed E-state index contributed by atoms with van der Waals surface area (Å²) in [6.07, 6.45) is 0.208. The monoisotopic (exact) mass is 242 g/mol. The molecule has 6 heteroatoms. The second kappa shape index (κ2) is 4.09. The molecule has 0 saturated carbocycles. The Morgan fingerprint density at radius 3 is 2.75 bits per heavy atom. The smallest absolute Gasteiger partial charge is 0.292 e. The largest absolute Gasteiger partial charge is 0.328 e. The van der Waals surface area contributed by atoms with Crippen LogP contribution in [0, 0.1) is 5.82 Å². The Morgan fingerprint density at radius 2 is 2.12 bits per heavy atom. The molecule has 0 aliphatic carbocycles. The molecule has 0 radical (unpaired) electrons. The molecule has 3 amide bonds. The summed E-state index contributed by atoms with van der Waals surface area (Å²) in [4.78, 5) is 23.7. The summed E-state index contributed by atoms with van der Waals surface area (Å²) in [5.74, 6) is -0.790. The van der Waals surface area contributed by atoms with Gasteiger partial charge in [0.15, 0.2) is 0 Å². The summed E-state index contributed by atoms with van der Waals surface area (Å²) in [7, 11) is 0. The predicted molar refractivity (Wildman–Crippen MR) is 56.9 cm³/mol. The summed E-state index contributed by atoms with van der Waals surface area (Å²) >= 11 is 5.82. The third-order valence-electron chi connectivity index (χ3n) is 2.25. The molecule has 2 rings (SSSR count). The van der Waals surface area contributed by atoms with E-state index in [0.717, 1.165) is 6.07 Å². The van der Waals surface area contributed by atoms with Gasteiger partial charge >= 0.3 is 6.03 Å². The molecule has 16 heavy (non-hydrogen) atoms. The SMILES string of the molecule is O=C1CCN(c2ccc(F)cc2Cl)C(=O)N1. The number of amides is 3. The molecule has 1 aliphatic heterocycles. The highest BCUT2D eigenvalue weighted by molar-refractivity contribution is 6.34. The third-order valence-corrected chi connectivity index (χ3v) is 2.56. The normalized spacial score (nSPS) is 16.2. The number of urea groups is 1. The predicted octanol–water partition coefficient (Wildman–Crippen LogP) is 1.93. The molecule has 84 valence electrons. The highest BCUT2D eigenvalue weighted by Crippen LogP contribution is 2.27. The lowest BCUT2D eigenvalue weighted by Crippen LogP contribution is -2.49. The number of carbonyl (C=O) groups excluding carboxylic acids is 2. The van der Waals surface area contributed by atoms with Crippen molar-refractivity contribution in [1.29, 1.82) is 0 Å². The molecular weight excluding hydrogens is 235 g/mol. The number of hydrogen-bond donors (Lipinski definition) is 1. The van der Waals surface area contributed by atoms with Gasteiger partial charge < -0.3 is 0 Å². The Bertz CT molecular complexity index is 464. The van der Waals surface area contributed by atoms with Gasteiger partial charge in [0.05, 0.1) is 10.7 Å². The second-order valence-corrected chi connectivity index (χ2v) is 3.76. The zero-order chi connectivity index (χ0) is 11.7. The molecule has 0 unspecified atom stereocenters. The number of imide groups is 1. The standard InChI is InChI=1S/C10H8ClFN2O2/c11-7-5-6(12)1-2-8(7)14-4-3-9(15)13-10(14)16/h1-2,5H,3-4H2,(H,13,15,16). The van der Waals surface area contributed by atoms with Crippen molar-refractivity contribution in [1.82, 2.24) is 5.32 Å². The van der Waals surface area contributed by atoms with Crippen molar-refractivity contribution in [2.75, 3.05) is 11.4 Å². The molecule has 1 saturated heterocycles. The molecule has 1 N–H and O–H groups in total. The first-order valence-electron chi connectivity index (χ1n) is 4.64. The number of hydrogen-bond acceptors (Lipinski definition) is 2. The molecule has 1 aromatic carbocycles. The molecule has 1 aromatic rings. The van der Waals surface area contributed by atoms with Crippen molar-refractivity contribution < 1.29 is 14.0 Å². The van der Waals surface area contributed by atoms with E-state index < -0.39 is 11.8 Å². The number of halogens is 2. The van der Waals surface area contributed by atoms with Gasteiger partial charge in [-0.1, -0.05) is 11.6 Å². The van der Waals surface area contributed by atoms with E-state index in [2.05, 4.69) is 5.32 Å². The van der Waals surface area contributed by atoms with Crippen LogP contribution in [0.1, 0.15) is 6.42 Å². The second-order valence-electron chi connectivity index (χ2n) is 3.35. The fourth-order valence-electron chi connectivity index (χ4n) is 1.49. The summed E-state index contributed by atoms with van der Waals surface area (Å²) in [6, 6.07) is 3.21. The maximum absolute atomic E-state index is 12.8. The lowest BCUT2D eigenvalue weighted by Gasteiger charge is -2.27. The summed E-state index contributed by atoms with van der Waals surface area (Å²) in [6.45, 7) is 0.246. The van der Waals surface area contributed by atoms with E-state index in [1.807, 2.05) is 0 Å². The Morgan fingerprint density at radius 1 is 1.38 bits per heavy atom. The highest BCUT2D eigenvalue weighted by atomic mass is 35.5. The van der Waals surface area contributed by atoms with Crippen molar-refractivity contribution >= 4 is 29.2 Å². The van der Waals surface area contributed by atoms with Crippen LogP contribution in [0.15, 0.2) is 18.2 Å². The minimum Gasteiger partial charge on any atom is -0.292 e. The first-order chi connectivity index (χ1) is 7.58. The first kappa shape index (κ1) is 10.9. The maximum Gasteiger partial charge on any atom is 0.328 e. The number of carbonyl (C=O) groups is 2. The molecule has 1 aliphatic rings. The van der Waals surface area contributed by atoms with Gasteiger partial charge in [0.1, 0.15) is 5.82 Å². The Labute approximate surface area is 96.0 Å². The van der Waals surface area contributed by atoms with E-state index in [9.17, 15) is 14.0 Å². The van der Waals surface area contributed by atoms with Crippen LogP contribution in [0.2, 0.25) is 5.02 Å². The lowest BCUT2D eigenvalue weighted by molar-refractivity contribution is -0.120.